The van der Waals surface area contributed by atoms with Gasteiger partial charge in [0.2, 0.25) is 0 Å². The van der Waals surface area contributed by atoms with Crippen LogP contribution < -0.4 is 0 Å². The molecule has 2 aliphatic rings. The van der Waals surface area contributed by atoms with Crippen LogP contribution in [0.15, 0.2) is 0 Å². The Bertz CT molecular complexity index is 364. The number of carbonyl (C=O) groups is 1. The van der Waals surface area contributed by atoms with Crippen LogP contribution in [0, 0.1) is 11.3 Å². The first-order valence-electron chi connectivity index (χ1n) is 10.1. The number of ether oxygens (including phenoxy) is 1. The Morgan fingerprint density at radius 1 is 1.00 bits per heavy atom. The number of nitrogens with zero attached hydrogens (tertiary/aromatic N) is 1. The lowest BCUT2D eigenvalue weighted by Gasteiger charge is -2.43. The molecule has 134 valence electrons. The number of hydrogen-bond acceptors (Lipinski definition) is 2. The SMILES string of the molecule is CC[N+](C)(CC)CCOC(=O)C1(C2CCCCC2)CCCCC1. The van der Waals surface area contributed by atoms with Crippen LogP contribution in [0.5, 0.6) is 0 Å². The van der Waals surface area contributed by atoms with Crippen LogP contribution in [0.1, 0.15) is 78.1 Å². The van der Waals surface area contributed by atoms with Crippen LogP contribution in [-0.4, -0.2) is 43.7 Å². The van der Waals surface area contributed by atoms with Gasteiger partial charge in [-0.15, -0.1) is 0 Å². The average Bonchev–Trinajstić information content (AvgIpc) is 2.62. The second-order valence-corrected chi connectivity index (χ2v) is 8.16. The fourth-order valence-corrected chi connectivity index (χ4v) is 4.66. The van der Waals surface area contributed by atoms with Crippen molar-refractivity contribution in [2.45, 2.75) is 78.1 Å². The van der Waals surface area contributed by atoms with Gasteiger partial charge in [-0.3, -0.25) is 4.79 Å². The van der Waals surface area contributed by atoms with Crippen LogP contribution in [0.3, 0.4) is 0 Å². The van der Waals surface area contributed by atoms with E-state index in [2.05, 4.69) is 20.9 Å². The molecule has 0 N–H and O–H groups in total. The molecule has 0 aromatic rings. The van der Waals surface area contributed by atoms with Gasteiger partial charge in [-0.25, -0.2) is 0 Å². The van der Waals surface area contributed by atoms with Crippen molar-refractivity contribution in [3.05, 3.63) is 0 Å². The minimum absolute atomic E-state index is 0.138. The molecule has 0 saturated heterocycles. The largest absolute Gasteiger partial charge is 0.459 e. The van der Waals surface area contributed by atoms with Crippen LogP contribution >= 0.6 is 0 Å². The van der Waals surface area contributed by atoms with Crippen molar-refractivity contribution in [1.82, 2.24) is 0 Å². The molecule has 0 aliphatic heterocycles. The van der Waals surface area contributed by atoms with Crippen molar-refractivity contribution >= 4 is 5.97 Å². The summed E-state index contributed by atoms with van der Waals surface area (Å²) < 4.78 is 6.87. The number of likely N-dealkylation sites (N-methyl/N-ethyl adjacent to an activating group) is 1. The predicted octanol–water partition coefficient (Wildman–Crippen LogP) is 4.55. The Morgan fingerprint density at radius 2 is 1.57 bits per heavy atom. The topological polar surface area (TPSA) is 26.3 Å². The van der Waals surface area contributed by atoms with E-state index in [4.69, 9.17) is 4.74 Å². The van der Waals surface area contributed by atoms with Gasteiger partial charge in [0.05, 0.1) is 25.6 Å². The minimum Gasteiger partial charge on any atom is -0.459 e. The van der Waals surface area contributed by atoms with Crippen LogP contribution in [0.4, 0.5) is 0 Å². The van der Waals surface area contributed by atoms with E-state index in [1.807, 2.05) is 0 Å². The summed E-state index contributed by atoms with van der Waals surface area (Å²) in [5.41, 5.74) is -0.138. The summed E-state index contributed by atoms with van der Waals surface area (Å²) in [6, 6.07) is 0. The minimum atomic E-state index is -0.138. The maximum absolute atomic E-state index is 13.1. The molecular formula is C20H38NO2+. The van der Waals surface area contributed by atoms with Gasteiger partial charge in [0, 0.05) is 0 Å². The van der Waals surface area contributed by atoms with Gasteiger partial charge < -0.3 is 9.22 Å². The number of carbonyl (C=O) groups excluding carboxylic acids is 1. The lowest BCUT2D eigenvalue weighted by Crippen LogP contribution is -2.47. The van der Waals surface area contributed by atoms with Crippen LogP contribution in [0.2, 0.25) is 0 Å². The van der Waals surface area contributed by atoms with Gasteiger partial charge in [-0.1, -0.05) is 38.5 Å². The first-order chi connectivity index (χ1) is 11.1. The summed E-state index contributed by atoms with van der Waals surface area (Å²) in [6.45, 7) is 8.17. The molecule has 0 spiro atoms. The highest BCUT2D eigenvalue weighted by atomic mass is 16.5. The molecule has 3 heteroatoms. The Morgan fingerprint density at radius 3 is 2.13 bits per heavy atom. The molecule has 2 rings (SSSR count). The van der Waals surface area contributed by atoms with Gasteiger partial charge in [-0.05, 0) is 45.4 Å². The number of quaternary nitrogens is 1. The fraction of sp³-hybridized carbons (Fsp3) is 0.950. The third-order valence-corrected chi connectivity index (χ3v) is 6.93. The Labute approximate surface area is 143 Å². The average molecular weight is 325 g/mol. The molecule has 23 heavy (non-hydrogen) atoms. The van der Waals surface area contributed by atoms with Crippen molar-refractivity contribution in [2.24, 2.45) is 11.3 Å². The summed E-state index contributed by atoms with van der Waals surface area (Å²) in [5, 5.41) is 0. The first kappa shape index (κ1) is 18.8. The zero-order valence-corrected chi connectivity index (χ0v) is 15.7. The van der Waals surface area contributed by atoms with Gasteiger partial charge in [0.15, 0.2) is 0 Å². The molecule has 2 saturated carbocycles. The lowest BCUT2D eigenvalue weighted by atomic mass is 9.62. The van der Waals surface area contributed by atoms with Crippen molar-refractivity contribution in [1.29, 1.82) is 0 Å². The maximum atomic E-state index is 13.1. The molecule has 0 aromatic carbocycles. The van der Waals surface area contributed by atoms with Crippen molar-refractivity contribution in [2.75, 3.05) is 33.3 Å². The van der Waals surface area contributed by atoms with Crippen LogP contribution in [-0.2, 0) is 9.53 Å². The maximum Gasteiger partial charge on any atom is 0.312 e. The molecule has 3 nitrogen and oxygen atoms in total. The van der Waals surface area contributed by atoms with Crippen molar-refractivity contribution in [3.63, 3.8) is 0 Å². The van der Waals surface area contributed by atoms with E-state index in [1.54, 1.807) is 0 Å². The second kappa shape index (κ2) is 8.50. The summed E-state index contributed by atoms with van der Waals surface area (Å²) in [7, 11) is 2.26. The fourth-order valence-electron chi connectivity index (χ4n) is 4.66. The summed E-state index contributed by atoms with van der Waals surface area (Å²) in [5.74, 6) is 0.727. The molecule has 0 atom stereocenters. The van der Waals surface area contributed by atoms with Crippen molar-refractivity contribution < 1.29 is 14.0 Å². The quantitative estimate of drug-likeness (QED) is 0.507. The third-order valence-electron chi connectivity index (χ3n) is 6.93. The van der Waals surface area contributed by atoms with E-state index in [0.29, 0.717) is 12.5 Å². The Kier molecular flexibility index (Phi) is 6.94. The van der Waals surface area contributed by atoms with E-state index in [9.17, 15) is 4.79 Å². The molecule has 0 amide bonds. The smallest absolute Gasteiger partial charge is 0.312 e. The summed E-state index contributed by atoms with van der Waals surface area (Å²) in [6.07, 6.45) is 12.3. The molecule has 2 fully saturated rings. The second-order valence-electron chi connectivity index (χ2n) is 8.16. The highest BCUT2D eigenvalue weighted by molar-refractivity contribution is 5.77. The van der Waals surface area contributed by atoms with E-state index < -0.39 is 0 Å². The predicted molar refractivity (Wildman–Crippen MR) is 95.2 cm³/mol. The Balaban J connectivity index is 1.97. The van der Waals surface area contributed by atoms with E-state index in [-0.39, 0.29) is 11.4 Å². The summed E-state index contributed by atoms with van der Waals surface area (Å²) in [4.78, 5) is 13.1. The lowest BCUT2D eigenvalue weighted by molar-refractivity contribution is -0.906. The molecule has 0 aromatic heterocycles. The molecule has 0 radical (unpaired) electrons. The van der Waals surface area contributed by atoms with Gasteiger partial charge in [0.1, 0.15) is 13.2 Å². The normalized spacial score (nSPS) is 22.7. The standard InChI is InChI=1S/C20H38NO2/c1-4-21(3,5-2)16-17-23-19(22)20(14-10-7-11-15-20)18-12-8-6-9-13-18/h18H,4-17H2,1-3H3/q+1. The van der Waals surface area contributed by atoms with Gasteiger partial charge in [0.25, 0.3) is 0 Å². The number of hydrogen-bond donors (Lipinski definition) is 0. The van der Waals surface area contributed by atoms with E-state index in [0.717, 1.165) is 37.0 Å². The van der Waals surface area contributed by atoms with Crippen molar-refractivity contribution in [3.8, 4) is 0 Å². The first-order valence-corrected chi connectivity index (χ1v) is 10.1. The third kappa shape index (κ3) is 4.49. The molecule has 0 bridgehead atoms. The number of rotatable bonds is 7. The van der Waals surface area contributed by atoms with Gasteiger partial charge in [-0.2, -0.15) is 0 Å². The van der Waals surface area contributed by atoms with E-state index in [1.165, 1.54) is 51.4 Å². The molecule has 0 unspecified atom stereocenters. The highest BCUT2D eigenvalue weighted by Crippen LogP contribution is 2.49. The number of esters is 1. The summed E-state index contributed by atoms with van der Waals surface area (Å²) >= 11 is 0. The zero-order valence-electron chi connectivity index (χ0n) is 15.7. The molecule has 0 heterocycles. The monoisotopic (exact) mass is 324 g/mol. The zero-order chi connectivity index (χ0) is 16.8. The van der Waals surface area contributed by atoms with E-state index >= 15 is 0 Å². The highest BCUT2D eigenvalue weighted by Gasteiger charge is 2.47. The van der Waals surface area contributed by atoms with Gasteiger partial charge >= 0.3 is 5.97 Å². The molecule has 2 aliphatic carbocycles. The van der Waals surface area contributed by atoms with Crippen LogP contribution in [0.25, 0.3) is 0 Å². The molecular weight excluding hydrogens is 286 g/mol. The Hall–Kier alpha value is -0.570.